The Kier molecular flexibility index (Phi) is 8.43. The second-order valence-corrected chi connectivity index (χ2v) is 6.21. The molecule has 0 aliphatic rings. The van der Waals surface area contributed by atoms with Crippen LogP contribution in [0.2, 0.25) is 0 Å². The maximum atomic E-state index is 10.4. The summed E-state index contributed by atoms with van der Waals surface area (Å²) >= 11 is 0. The van der Waals surface area contributed by atoms with Gasteiger partial charge in [0.05, 0.1) is 13.0 Å². The number of benzene rings is 2. The van der Waals surface area contributed by atoms with Crippen LogP contribution in [0.3, 0.4) is 0 Å². The van der Waals surface area contributed by atoms with Gasteiger partial charge in [-0.1, -0.05) is 48.6 Å². The summed E-state index contributed by atoms with van der Waals surface area (Å²) in [4.78, 5) is 10.4. The van der Waals surface area contributed by atoms with Gasteiger partial charge in [-0.15, -0.1) is 0 Å². The minimum Gasteiger partial charge on any atom is -0.494 e. The van der Waals surface area contributed by atoms with Crippen LogP contribution in [0.25, 0.3) is 6.08 Å². The molecule has 0 aliphatic heterocycles. The van der Waals surface area contributed by atoms with Crippen molar-refractivity contribution in [2.45, 2.75) is 26.2 Å². The van der Waals surface area contributed by atoms with Crippen molar-refractivity contribution in [3.8, 4) is 5.75 Å². The number of carboxylic acid groups (broad SMARTS) is 1. The van der Waals surface area contributed by atoms with Crippen molar-refractivity contribution in [1.29, 1.82) is 0 Å². The summed E-state index contributed by atoms with van der Waals surface area (Å²) in [6, 6.07) is 16.5. The van der Waals surface area contributed by atoms with Crippen LogP contribution in [0.1, 0.15) is 29.5 Å². The molecule has 0 unspecified atom stereocenters. The van der Waals surface area contributed by atoms with Crippen molar-refractivity contribution in [3.63, 3.8) is 0 Å². The number of carbonyl (C=O) groups is 1. The summed E-state index contributed by atoms with van der Waals surface area (Å²) in [5, 5.41) is 11.6. The predicted octanol–water partition coefficient (Wildman–Crippen LogP) is 4.08. The molecule has 0 heterocycles. The molecule has 0 radical (unpaired) electrons. The first-order chi connectivity index (χ1) is 12.6. The van der Waals surface area contributed by atoms with Gasteiger partial charge in [-0.3, -0.25) is 4.79 Å². The Hall–Kier alpha value is -2.59. The number of nitrogens with one attached hydrogen (secondary N) is 1. The van der Waals surface area contributed by atoms with Crippen LogP contribution in [0.4, 0.5) is 0 Å². The smallest absolute Gasteiger partial charge is 0.304 e. The Morgan fingerprint density at radius 3 is 2.73 bits per heavy atom. The number of hydrogen-bond donors (Lipinski definition) is 2. The summed E-state index contributed by atoms with van der Waals surface area (Å²) in [5.41, 5.74) is 3.64. The highest BCUT2D eigenvalue weighted by Crippen LogP contribution is 2.18. The minimum absolute atomic E-state index is 0.142. The number of rotatable bonds is 11. The molecule has 0 aliphatic carbocycles. The first-order valence-electron chi connectivity index (χ1n) is 9.01. The first-order valence-corrected chi connectivity index (χ1v) is 9.01. The van der Waals surface area contributed by atoms with E-state index in [0.29, 0.717) is 19.7 Å². The Bertz CT molecular complexity index is 711. The maximum Gasteiger partial charge on any atom is 0.304 e. The standard InChI is InChI=1S/C22H27NO3/c1-18-17-21(26-16-6-9-19-7-3-2-4-8-19)12-11-20(18)10-5-14-23-15-13-22(24)25/h2-5,7-8,10-12,17,23H,6,9,13-16H2,1H3,(H,24,25). The fraction of sp³-hybridized carbons (Fsp3) is 0.318. The molecule has 138 valence electrons. The molecule has 2 aromatic rings. The zero-order valence-electron chi connectivity index (χ0n) is 15.3. The summed E-state index contributed by atoms with van der Waals surface area (Å²) in [6.07, 6.45) is 6.21. The Morgan fingerprint density at radius 1 is 1.19 bits per heavy atom. The van der Waals surface area contributed by atoms with E-state index in [2.05, 4.69) is 48.6 Å². The lowest BCUT2D eigenvalue weighted by atomic mass is 10.1. The van der Waals surface area contributed by atoms with E-state index in [1.807, 2.05) is 24.3 Å². The molecule has 0 spiro atoms. The molecular formula is C22H27NO3. The van der Waals surface area contributed by atoms with Crippen LogP contribution in [-0.4, -0.2) is 30.8 Å². The van der Waals surface area contributed by atoms with E-state index >= 15 is 0 Å². The van der Waals surface area contributed by atoms with Crippen molar-refractivity contribution in [1.82, 2.24) is 5.32 Å². The normalized spacial score (nSPS) is 11.0. The van der Waals surface area contributed by atoms with Gasteiger partial charge in [-0.05, 0) is 48.6 Å². The number of aryl methyl sites for hydroxylation is 2. The monoisotopic (exact) mass is 353 g/mol. The van der Waals surface area contributed by atoms with Crippen molar-refractivity contribution in [2.24, 2.45) is 0 Å². The van der Waals surface area contributed by atoms with Gasteiger partial charge in [0.15, 0.2) is 0 Å². The average Bonchev–Trinajstić information content (AvgIpc) is 2.63. The van der Waals surface area contributed by atoms with E-state index in [4.69, 9.17) is 9.84 Å². The lowest BCUT2D eigenvalue weighted by molar-refractivity contribution is -0.136. The summed E-state index contributed by atoms with van der Waals surface area (Å²) < 4.78 is 5.85. The molecule has 2 rings (SSSR count). The van der Waals surface area contributed by atoms with Crippen molar-refractivity contribution >= 4 is 12.0 Å². The third kappa shape index (κ3) is 7.53. The van der Waals surface area contributed by atoms with Gasteiger partial charge in [0.25, 0.3) is 0 Å². The SMILES string of the molecule is Cc1cc(OCCCc2ccccc2)ccc1C=CCNCCC(=O)O. The third-order valence-corrected chi connectivity index (χ3v) is 4.04. The number of carboxylic acids is 1. The fourth-order valence-corrected chi connectivity index (χ4v) is 2.60. The molecule has 0 saturated carbocycles. The highest BCUT2D eigenvalue weighted by atomic mass is 16.5. The van der Waals surface area contributed by atoms with Crippen molar-refractivity contribution in [2.75, 3.05) is 19.7 Å². The largest absolute Gasteiger partial charge is 0.494 e. The van der Waals surface area contributed by atoms with E-state index in [1.165, 1.54) is 5.56 Å². The Labute approximate surface area is 155 Å². The molecule has 0 fully saturated rings. The summed E-state index contributed by atoms with van der Waals surface area (Å²) in [7, 11) is 0. The van der Waals surface area contributed by atoms with Crippen LogP contribution >= 0.6 is 0 Å². The lowest BCUT2D eigenvalue weighted by Crippen LogP contribution is -2.17. The van der Waals surface area contributed by atoms with E-state index < -0.39 is 5.97 Å². The van der Waals surface area contributed by atoms with Gasteiger partial charge in [-0.2, -0.15) is 0 Å². The average molecular weight is 353 g/mol. The molecule has 0 aromatic heterocycles. The number of ether oxygens (including phenoxy) is 1. The maximum absolute atomic E-state index is 10.4. The van der Waals surface area contributed by atoms with Crippen molar-refractivity contribution in [3.05, 3.63) is 71.3 Å². The van der Waals surface area contributed by atoms with Gasteiger partial charge >= 0.3 is 5.97 Å². The van der Waals surface area contributed by atoms with Gasteiger partial charge in [0.1, 0.15) is 5.75 Å². The third-order valence-electron chi connectivity index (χ3n) is 4.04. The van der Waals surface area contributed by atoms with Crippen LogP contribution in [0, 0.1) is 6.92 Å². The topological polar surface area (TPSA) is 58.6 Å². The number of aliphatic carboxylic acids is 1. The molecule has 0 atom stereocenters. The molecule has 0 amide bonds. The zero-order chi connectivity index (χ0) is 18.6. The molecule has 26 heavy (non-hydrogen) atoms. The summed E-state index contributed by atoms with van der Waals surface area (Å²) in [5.74, 6) is 0.115. The van der Waals surface area contributed by atoms with Crippen LogP contribution in [-0.2, 0) is 11.2 Å². The molecule has 4 heteroatoms. The van der Waals surface area contributed by atoms with Crippen LogP contribution in [0.15, 0.2) is 54.6 Å². The lowest BCUT2D eigenvalue weighted by Gasteiger charge is -2.09. The van der Waals surface area contributed by atoms with E-state index in [-0.39, 0.29) is 6.42 Å². The zero-order valence-corrected chi connectivity index (χ0v) is 15.3. The molecule has 2 aromatic carbocycles. The van der Waals surface area contributed by atoms with E-state index in [1.54, 1.807) is 0 Å². The van der Waals surface area contributed by atoms with Gasteiger partial charge < -0.3 is 15.2 Å². The van der Waals surface area contributed by atoms with Crippen molar-refractivity contribution < 1.29 is 14.6 Å². The highest BCUT2D eigenvalue weighted by Gasteiger charge is 2.00. The molecular weight excluding hydrogens is 326 g/mol. The van der Waals surface area contributed by atoms with Crippen LogP contribution < -0.4 is 10.1 Å². The first kappa shape index (κ1) is 19.7. The molecule has 0 bridgehead atoms. The second kappa shape index (κ2) is 11.1. The van der Waals surface area contributed by atoms with Gasteiger partial charge in [-0.25, -0.2) is 0 Å². The minimum atomic E-state index is -0.781. The van der Waals surface area contributed by atoms with E-state index in [0.717, 1.165) is 29.7 Å². The second-order valence-electron chi connectivity index (χ2n) is 6.21. The molecule has 2 N–H and O–H groups in total. The molecule has 0 saturated heterocycles. The van der Waals surface area contributed by atoms with Gasteiger partial charge in [0.2, 0.25) is 0 Å². The molecule has 4 nitrogen and oxygen atoms in total. The fourth-order valence-electron chi connectivity index (χ4n) is 2.60. The quantitative estimate of drug-likeness (QED) is 0.598. The Balaban J connectivity index is 1.71. The van der Waals surface area contributed by atoms with Gasteiger partial charge in [0, 0.05) is 13.1 Å². The van der Waals surface area contributed by atoms with Crippen LogP contribution in [0.5, 0.6) is 5.75 Å². The number of hydrogen-bond acceptors (Lipinski definition) is 3. The predicted molar refractivity (Wildman–Crippen MR) is 106 cm³/mol. The highest BCUT2D eigenvalue weighted by molar-refractivity contribution is 5.66. The summed E-state index contributed by atoms with van der Waals surface area (Å²) in [6.45, 7) is 3.91. The Morgan fingerprint density at radius 2 is 2.00 bits per heavy atom. The van der Waals surface area contributed by atoms with E-state index in [9.17, 15) is 4.79 Å².